The van der Waals surface area contributed by atoms with Crippen molar-refractivity contribution in [3.63, 3.8) is 0 Å². The summed E-state index contributed by atoms with van der Waals surface area (Å²) in [5, 5.41) is 6.11. The normalized spacial score (nSPS) is 18.2. The third-order valence-electron chi connectivity index (χ3n) is 6.19. The van der Waals surface area contributed by atoms with Crippen LogP contribution in [0.5, 0.6) is 0 Å². The number of methoxy groups -OCH3 is 1. The number of rotatable bonds is 8. The minimum Gasteiger partial charge on any atom is -0.383 e. The summed E-state index contributed by atoms with van der Waals surface area (Å²) >= 11 is 0. The molecule has 1 saturated carbocycles. The monoisotopic (exact) mass is 437 g/mol. The van der Waals surface area contributed by atoms with Gasteiger partial charge in [0.05, 0.1) is 18.4 Å². The van der Waals surface area contributed by atoms with E-state index in [0.29, 0.717) is 19.6 Å². The molecule has 168 valence electrons. The molecule has 2 amide bonds. The second-order valence-electron chi connectivity index (χ2n) is 8.30. The van der Waals surface area contributed by atoms with Gasteiger partial charge in [0.2, 0.25) is 5.91 Å². The van der Waals surface area contributed by atoms with Crippen molar-refractivity contribution in [2.24, 2.45) is 11.0 Å². The number of amides is 2. The van der Waals surface area contributed by atoms with E-state index in [1.165, 1.54) is 17.1 Å². The largest absolute Gasteiger partial charge is 0.383 e. The molecule has 0 bridgehead atoms. The molecular weight excluding hydrogens is 409 g/mol. The molecule has 0 aromatic heterocycles. The molecule has 1 heterocycles. The van der Waals surface area contributed by atoms with Gasteiger partial charge in [-0.2, -0.15) is 5.10 Å². The third-order valence-corrected chi connectivity index (χ3v) is 6.19. The fraction of sp³-hybridized carbons (Fsp3) is 0.400. The molecule has 1 atom stereocenters. The fourth-order valence-electron chi connectivity index (χ4n) is 4.11. The highest BCUT2D eigenvalue weighted by atomic mass is 19.1. The van der Waals surface area contributed by atoms with E-state index in [-0.39, 0.29) is 36.1 Å². The lowest BCUT2D eigenvalue weighted by Gasteiger charge is -2.32. The summed E-state index contributed by atoms with van der Waals surface area (Å²) in [7, 11) is 1.58. The Labute approximate surface area is 187 Å². The molecule has 6 nitrogen and oxygen atoms in total. The van der Waals surface area contributed by atoms with E-state index in [0.717, 1.165) is 36.1 Å². The molecule has 1 fully saturated rings. The van der Waals surface area contributed by atoms with Crippen molar-refractivity contribution in [2.75, 3.05) is 26.8 Å². The number of benzene rings is 2. The minimum atomic E-state index is -0.316. The van der Waals surface area contributed by atoms with Gasteiger partial charge in [-0.25, -0.2) is 9.40 Å². The van der Waals surface area contributed by atoms with Gasteiger partial charge < -0.3 is 9.64 Å². The molecule has 0 saturated heterocycles. The van der Waals surface area contributed by atoms with Gasteiger partial charge in [-0.05, 0) is 36.1 Å². The lowest BCUT2D eigenvalue weighted by molar-refractivity contribution is -0.146. The highest BCUT2D eigenvalue weighted by Crippen LogP contribution is 2.33. The zero-order valence-corrected chi connectivity index (χ0v) is 18.2. The topological polar surface area (TPSA) is 62.2 Å². The first-order valence-corrected chi connectivity index (χ1v) is 11.0. The fourth-order valence-corrected chi connectivity index (χ4v) is 4.11. The number of nitrogens with zero attached hydrogens (tertiary/aromatic N) is 3. The molecule has 4 rings (SSSR count). The van der Waals surface area contributed by atoms with E-state index >= 15 is 0 Å². The second-order valence-corrected chi connectivity index (χ2v) is 8.30. The molecule has 1 aliphatic carbocycles. The maximum atomic E-state index is 13.4. The van der Waals surface area contributed by atoms with Crippen molar-refractivity contribution >= 4 is 17.5 Å². The van der Waals surface area contributed by atoms with Crippen molar-refractivity contribution in [3.05, 3.63) is 71.5 Å². The number of hydrogen-bond acceptors (Lipinski definition) is 4. The number of hydrazone groups is 1. The van der Waals surface area contributed by atoms with Gasteiger partial charge in [0.1, 0.15) is 12.4 Å². The molecular formula is C25H28FN3O3. The predicted molar refractivity (Wildman–Crippen MR) is 119 cm³/mol. The Morgan fingerprint density at radius 2 is 1.84 bits per heavy atom. The van der Waals surface area contributed by atoms with Crippen LogP contribution >= 0.6 is 0 Å². The Kier molecular flexibility index (Phi) is 6.95. The van der Waals surface area contributed by atoms with Gasteiger partial charge in [-0.3, -0.25) is 9.59 Å². The summed E-state index contributed by atoms with van der Waals surface area (Å²) in [6, 6.07) is 15.6. The summed E-state index contributed by atoms with van der Waals surface area (Å²) in [5.74, 6) is -0.538. The molecule has 0 N–H and O–H groups in total. The SMILES string of the molecule is COCCN(CC(=O)N1N=C(c2ccc(F)cc2)CC1c1ccccc1)C(=O)C1CCC1. The van der Waals surface area contributed by atoms with Crippen LogP contribution in [0.25, 0.3) is 0 Å². The number of hydrogen-bond donors (Lipinski definition) is 0. The van der Waals surface area contributed by atoms with Crippen LogP contribution in [0.4, 0.5) is 4.39 Å². The van der Waals surface area contributed by atoms with E-state index in [1.807, 2.05) is 30.3 Å². The minimum absolute atomic E-state index is 0.00133. The van der Waals surface area contributed by atoms with Gasteiger partial charge in [0.25, 0.3) is 5.91 Å². The van der Waals surface area contributed by atoms with Crippen LogP contribution in [0.15, 0.2) is 59.7 Å². The van der Waals surface area contributed by atoms with Gasteiger partial charge in [0.15, 0.2) is 0 Å². The van der Waals surface area contributed by atoms with Crippen LogP contribution in [0.3, 0.4) is 0 Å². The Balaban J connectivity index is 1.57. The zero-order valence-electron chi connectivity index (χ0n) is 18.2. The average Bonchev–Trinajstić information content (AvgIpc) is 3.22. The van der Waals surface area contributed by atoms with Crippen LogP contribution in [-0.2, 0) is 14.3 Å². The highest BCUT2D eigenvalue weighted by Gasteiger charge is 2.36. The smallest absolute Gasteiger partial charge is 0.262 e. The van der Waals surface area contributed by atoms with Gasteiger partial charge in [-0.1, -0.05) is 48.9 Å². The second kappa shape index (κ2) is 10.0. The van der Waals surface area contributed by atoms with Crippen molar-refractivity contribution in [1.29, 1.82) is 0 Å². The Morgan fingerprint density at radius 3 is 2.47 bits per heavy atom. The van der Waals surface area contributed by atoms with Gasteiger partial charge in [0, 0.05) is 26.0 Å². The number of carbonyl (C=O) groups excluding carboxylic acids is 2. The molecule has 1 aliphatic heterocycles. The Morgan fingerprint density at radius 1 is 1.12 bits per heavy atom. The van der Waals surface area contributed by atoms with E-state index < -0.39 is 0 Å². The first-order chi connectivity index (χ1) is 15.6. The van der Waals surface area contributed by atoms with Crippen molar-refractivity contribution in [3.8, 4) is 0 Å². The van der Waals surface area contributed by atoms with Crippen molar-refractivity contribution in [2.45, 2.75) is 31.7 Å². The van der Waals surface area contributed by atoms with Gasteiger partial charge in [-0.15, -0.1) is 0 Å². The average molecular weight is 438 g/mol. The van der Waals surface area contributed by atoms with Crippen molar-refractivity contribution < 1.29 is 18.7 Å². The van der Waals surface area contributed by atoms with Crippen LogP contribution in [0.1, 0.15) is 42.9 Å². The highest BCUT2D eigenvalue weighted by molar-refractivity contribution is 6.03. The summed E-state index contributed by atoms with van der Waals surface area (Å²) in [5.41, 5.74) is 2.47. The van der Waals surface area contributed by atoms with Crippen LogP contribution in [0, 0.1) is 11.7 Å². The standard InChI is InChI=1S/C25H28FN3O3/c1-32-15-14-28(25(31)20-8-5-9-20)17-24(30)29-23(19-6-3-2-4-7-19)16-22(27-29)18-10-12-21(26)13-11-18/h2-4,6-7,10-13,20,23H,5,8-9,14-17H2,1H3. The van der Waals surface area contributed by atoms with E-state index in [9.17, 15) is 14.0 Å². The zero-order chi connectivity index (χ0) is 22.5. The third kappa shape index (κ3) is 4.88. The quantitative estimate of drug-likeness (QED) is 0.632. The molecule has 32 heavy (non-hydrogen) atoms. The van der Waals surface area contributed by atoms with E-state index in [2.05, 4.69) is 5.10 Å². The van der Waals surface area contributed by atoms with E-state index in [1.54, 1.807) is 24.1 Å². The lowest BCUT2D eigenvalue weighted by atomic mass is 9.84. The Bertz CT molecular complexity index is 974. The maximum Gasteiger partial charge on any atom is 0.262 e. The molecule has 7 heteroatoms. The van der Waals surface area contributed by atoms with Crippen LogP contribution < -0.4 is 0 Å². The number of ether oxygens (including phenoxy) is 1. The van der Waals surface area contributed by atoms with Crippen LogP contribution in [-0.4, -0.2) is 54.2 Å². The molecule has 2 aromatic rings. The molecule has 2 aromatic carbocycles. The first kappa shape index (κ1) is 22.1. The predicted octanol–water partition coefficient (Wildman–Crippen LogP) is 3.78. The Hall–Kier alpha value is -3.06. The molecule has 0 spiro atoms. The van der Waals surface area contributed by atoms with Crippen molar-refractivity contribution in [1.82, 2.24) is 9.91 Å². The molecule has 1 unspecified atom stereocenters. The number of halogens is 1. The number of carbonyl (C=O) groups is 2. The first-order valence-electron chi connectivity index (χ1n) is 11.0. The van der Waals surface area contributed by atoms with E-state index in [4.69, 9.17) is 4.74 Å². The van der Waals surface area contributed by atoms with Crippen LogP contribution in [0.2, 0.25) is 0 Å². The summed E-state index contributed by atoms with van der Waals surface area (Å²) in [4.78, 5) is 27.9. The molecule has 2 aliphatic rings. The summed E-state index contributed by atoms with van der Waals surface area (Å²) < 4.78 is 18.5. The summed E-state index contributed by atoms with van der Waals surface area (Å²) in [6.07, 6.45) is 3.32. The lowest BCUT2D eigenvalue weighted by Crippen LogP contribution is -2.46. The maximum absolute atomic E-state index is 13.4. The molecule has 0 radical (unpaired) electrons. The summed E-state index contributed by atoms with van der Waals surface area (Å²) in [6.45, 7) is 0.704. The van der Waals surface area contributed by atoms with Gasteiger partial charge >= 0.3 is 0 Å².